The summed E-state index contributed by atoms with van der Waals surface area (Å²) >= 11 is 1.42. The zero-order valence-corrected chi connectivity index (χ0v) is 16.3. The van der Waals surface area contributed by atoms with E-state index in [0.29, 0.717) is 12.2 Å². The zero-order valence-electron chi connectivity index (χ0n) is 14.6. The highest BCUT2D eigenvalue weighted by molar-refractivity contribution is 7.92. The Labute approximate surface area is 166 Å². The van der Waals surface area contributed by atoms with Crippen molar-refractivity contribution in [2.24, 2.45) is 0 Å². The molecule has 0 unspecified atom stereocenters. The summed E-state index contributed by atoms with van der Waals surface area (Å²) in [5.41, 5.74) is 1.69. The number of hydrogen-bond acceptors (Lipinski definition) is 4. The van der Waals surface area contributed by atoms with Crippen LogP contribution in [0.1, 0.15) is 5.56 Å². The Balaban J connectivity index is 1.72. The molecule has 4 aromatic rings. The molecule has 4 rings (SSSR count). The van der Waals surface area contributed by atoms with Crippen LogP contribution in [0.15, 0.2) is 83.2 Å². The molecule has 0 saturated carbocycles. The van der Waals surface area contributed by atoms with Gasteiger partial charge in [0, 0.05) is 11.9 Å². The molecule has 1 N–H and O–H groups in total. The lowest BCUT2D eigenvalue weighted by Gasteiger charge is -2.07. The van der Waals surface area contributed by atoms with Crippen molar-refractivity contribution in [1.82, 2.24) is 9.78 Å². The molecule has 2 aromatic carbocycles. The van der Waals surface area contributed by atoms with E-state index in [-0.39, 0.29) is 10.6 Å². The highest BCUT2D eigenvalue weighted by Gasteiger charge is 2.24. The summed E-state index contributed by atoms with van der Waals surface area (Å²) in [6.07, 6.45) is 1.52. The minimum atomic E-state index is -3.90. The fourth-order valence-corrected chi connectivity index (χ4v) is 4.77. The molecule has 2 aromatic heterocycles. The second kappa shape index (κ2) is 7.57. The Morgan fingerprint density at radius 3 is 2.43 bits per heavy atom. The van der Waals surface area contributed by atoms with Gasteiger partial charge in [-0.3, -0.25) is 9.40 Å². The Kier molecular flexibility index (Phi) is 4.97. The third-order valence-electron chi connectivity index (χ3n) is 4.06. The maximum atomic E-state index is 13.1. The lowest BCUT2D eigenvalue weighted by Crippen LogP contribution is -2.13. The SMILES string of the molecule is O=S(=O)(Nc1ccc(F)cc1)c1cn(Cc2ccccc2)nc1-c1cccs1. The van der Waals surface area contributed by atoms with Crippen LogP contribution in [-0.2, 0) is 16.6 Å². The lowest BCUT2D eigenvalue weighted by atomic mass is 10.2. The molecule has 0 bridgehead atoms. The molecule has 5 nitrogen and oxygen atoms in total. The molecular weight excluding hydrogens is 397 g/mol. The van der Waals surface area contributed by atoms with Crippen LogP contribution in [0, 0.1) is 5.82 Å². The van der Waals surface area contributed by atoms with Gasteiger partial charge in [-0.15, -0.1) is 11.3 Å². The van der Waals surface area contributed by atoms with Crippen LogP contribution >= 0.6 is 11.3 Å². The first-order chi connectivity index (χ1) is 13.5. The summed E-state index contributed by atoms with van der Waals surface area (Å²) in [5.74, 6) is -0.432. The van der Waals surface area contributed by atoms with Gasteiger partial charge in [0.15, 0.2) is 0 Å². The second-order valence-corrected chi connectivity index (χ2v) is 8.71. The molecule has 8 heteroatoms. The van der Waals surface area contributed by atoms with Crippen LogP contribution in [0.3, 0.4) is 0 Å². The van der Waals surface area contributed by atoms with Crippen LogP contribution in [0.2, 0.25) is 0 Å². The fourth-order valence-electron chi connectivity index (χ4n) is 2.76. The summed E-state index contributed by atoms with van der Waals surface area (Å²) in [6.45, 7) is 0.450. The van der Waals surface area contributed by atoms with E-state index in [1.165, 1.54) is 41.8 Å². The zero-order chi connectivity index (χ0) is 19.6. The molecule has 0 fully saturated rings. The number of hydrogen-bond donors (Lipinski definition) is 1. The molecule has 0 amide bonds. The monoisotopic (exact) mass is 413 g/mol. The third kappa shape index (κ3) is 3.97. The van der Waals surface area contributed by atoms with E-state index in [4.69, 9.17) is 0 Å². The molecule has 142 valence electrons. The molecule has 0 atom stereocenters. The van der Waals surface area contributed by atoms with E-state index in [0.717, 1.165) is 10.4 Å². The van der Waals surface area contributed by atoms with Gasteiger partial charge in [-0.25, -0.2) is 12.8 Å². The fraction of sp³-hybridized carbons (Fsp3) is 0.0500. The first-order valence-corrected chi connectivity index (χ1v) is 10.8. The van der Waals surface area contributed by atoms with E-state index in [2.05, 4.69) is 9.82 Å². The first-order valence-electron chi connectivity index (χ1n) is 8.45. The number of thiophene rings is 1. The number of nitrogens with zero attached hydrogens (tertiary/aromatic N) is 2. The van der Waals surface area contributed by atoms with Gasteiger partial charge in [0.25, 0.3) is 10.0 Å². The van der Waals surface area contributed by atoms with Crippen molar-refractivity contribution in [3.63, 3.8) is 0 Å². The summed E-state index contributed by atoms with van der Waals surface area (Å²) in [7, 11) is -3.90. The van der Waals surface area contributed by atoms with Gasteiger partial charge in [-0.2, -0.15) is 5.10 Å². The van der Waals surface area contributed by atoms with Gasteiger partial charge in [0.2, 0.25) is 0 Å². The summed E-state index contributed by atoms with van der Waals surface area (Å²) in [4.78, 5) is 0.835. The minimum Gasteiger partial charge on any atom is -0.280 e. The number of nitrogens with one attached hydrogen (secondary N) is 1. The van der Waals surface area contributed by atoms with E-state index in [9.17, 15) is 12.8 Å². The normalized spacial score (nSPS) is 11.5. The maximum absolute atomic E-state index is 13.1. The first kappa shape index (κ1) is 18.4. The standard InChI is InChI=1S/C20H16FN3O2S2/c21-16-8-10-17(11-9-16)23-28(25,26)19-14-24(13-15-5-2-1-3-6-15)22-20(19)18-7-4-12-27-18/h1-12,14,23H,13H2. The minimum absolute atomic E-state index is 0.0789. The van der Waals surface area contributed by atoms with Gasteiger partial charge in [0.05, 0.1) is 11.4 Å². The van der Waals surface area contributed by atoms with Gasteiger partial charge in [-0.05, 0) is 41.3 Å². The average Bonchev–Trinajstić information content (AvgIpc) is 3.34. The van der Waals surface area contributed by atoms with Crippen LogP contribution < -0.4 is 4.72 Å². The molecule has 0 radical (unpaired) electrons. The largest absolute Gasteiger partial charge is 0.280 e. The number of sulfonamides is 1. The highest BCUT2D eigenvalue weighted by Crippen LogP contribution is 2.31. The van der Waals surface area contributed by atoms with Crippen molar-refractivity contribution in [3.8, 4) is 10.6 Å². The van der Waals surface area contributed by atoms with Crippen molar-refractivity contribution in [1.29, 1.82) is 0 Å². The third-order valence-corrected chi connectivity index (χ3v) is 6.31. The lowest BCUT2D eigenvalue weighted by molar-refractivity contribution is 0.600. The number of halogens is 1. The van der Waals surface area contributed by atoms with Crippen molar-refractivity contribution in [3.05, 3.63) is 89.7 Å². The van der Waals surface area contributed by atoms with Crippen LogP contribution in [0.4, 0.5) is 10.1 Å². The predicted octanol–water partition coefficient (Wildman–Crippen LogP) is 4.60. The molecule has 2 heterocycles. The summed E-state index contributed by atoms with van der Waals surface area (Å²) < 4.78 is 43.3. The van der Waals surface area contributed by atoms with Crippen molar-refractivity contribution < 1.29 is 12.8 Å². The molecule has 0 aliphatic heterocycles. The van der Waals surface area contributed by atoms with E-state index in [1.54, 1.807) is 4.68 Å². The number of aromatic nitrogens is 2. The molecule has 0 saturated heterocycles. The summed E-state index contributed by atoms with van der Waals surface area (Å²) in [6, 6.07) is 18.5. The average molecular weight is 413 g/mol. The van der Waals surface area contributed by atoms with E-state index >= 15 is 0 Å². The molecule has 28 heavy (non-hydrogen) atoms. The van der Waals surface area contributed by atoms with Crippen molar-refractivity contribution >= 4 is 27.0 Å². The smallest absolute Gasteiger partial charge is 0.265 e. The number of anilines is 1. The second-order valence-electron chi connectivity index (χ2n) is 6.11. The van der Waals surface area contributed by atoms with E-state index in [1.807, 2.05) is 47.8 Å². The molecule has 0 aliphatic carbocycles. The Morgan fingerprint density at radius 2 is 1.75 bits per heavy atom. The van der Waals surface area contributed by atoms with Crippen LogP contribution in [0.5, 0.6) is 0 Å². The number of rotatable bonds is 6. The number of benzene rings is 2. The van der Waals surface area contributed by atoms with Gasteiger partial charge >= 0.3 is 0 Å². The maximum Gasteiger partial charge on any atom is 0.265 e. The van der Waals surface area contributed by atoms with Gasteiger partial charge < -0.3 is 0 Å². The predicted molar refractivity (Wildman–Crippen MR) is 108 cm³/mol. The summed E-state index contributed by atoms with van der Waals surface area (Å²) in [5, 5.41) is 6.39. The van der Waals surface area contributed by atoms with Crippen LogP contribution in [-0.4, -0.2) is 18.2 Å². The Morgan fingerprint density at radius 1 is 1.00 bits per heavy atom. The van der Waals surface area contributed by atoms with Crippen LogP contribution in [0.25, 0.3) is 10.6 Å². The van der Waals surface area contributed by atoms with E-state index < -0.39 is 15.8 Å². The molecule has 0 aliphatic rings. The molecule has 0 spiro atoms. The van der Waals surface area contributed by atoms with Crippen molar-refractivity contribution in [2.75, 3.05) is 4.72 Å². The van der Waals surface area contributed by atoms with Gasteiger partial charge in [-0.1, -0.05) is 36.4 Å². The van der Waals surface area contributed by atoms with Gasteiger partial charge in [0.1, 0.15) is 16.4 Å². The Bertz CT molecular complexity index is 1170. The molecular formula is C20H16FN3O2S2. The quantitative estimate of drug-likeness (QED) is 0.502. The Hall–Kier alpha value is -2.97. The topological polar surface area (TPSA) is 64.0 Å². The van der Waals surface area contributed by atoms with Crippen molar-refractivity contribution in [2.45, 2.75) is 11.4 Å². The highest BCUT2D eigenvalue weighted by atomic mass is 32.2.